The second kappa shape index (κ2) is 7.35. The van der Waals surface area contributed by atoms with Gasteiger partial charge in [-0.25, -0.2) is 22.4 Å². The predicted octanol–water partition coefficient (Wildman–Crippen LogP) is 3.67. The average Bonchev–Trinajstić information content (AvgIpc) is 2.94. The van der Waals surface area contributed by atoms with Gasteiger partial charge in [0.25, 0.3) is 6.43 Å². The first-order chi connectivity index (χ1) is 12.4. The van der Waals surface area contributed by atoms with Crippen molar-refractivity contribution in [1.29, 1.82) is 0 Å². The third-order valence-electron chi connectivity index (χ3n) is 4.60. The van der Waals surface area contributed by atoms with Crippen LogP contribution in [-0.2, 0) is 12.0 Å². The lowest BCUT2D eigenvalue weighted by Crippen LogP contribution is -2.47. The molecule has 1 aromatic carbocycles. The van der Waals surface area contributed by atoms with E-state index in [1.807, 2.05) is 0 Å². The molecular formula is C17H18F4N4O. The molecule has 0 bridgehead atoms. The molecule has 1 aliphatic carbocycles. The van der Waals surface area contributed by atoms with Gasteiger partial charge in [0, 0.05) is 29.8 Å². The Bertz CT molecular complexity index is 769. The van der Waals surface area contributed by atoms with Crippen LogP contribution >= 0.6 is 0 Å². The molecule has 2 aromatic rings. The SMILES string of the molecule is O=C(NCC1(c2c(F)cccc2F)CCC1)Nc1ccn(CC(F)F)n1. The number of urea groups is 1. The largest absolute Gasteiger partial charge is 0.337 e. The van der Waals surface area contributed by atoms with Gasteiger partial charge in [0.05, 0.1) is 0 Å². The lowest BCUT2D eigenvalue weighted by Gasteiger charge is -2.42. The number of anilines is 1. The number of aromatic nitrogens is 2. The zero-order valence-corrected chi connectivity index (χ0v) is 13.8. The molecule has 1 fully saturated rings. The van der Waals surface area contributed by atoms with Crippen LogP contribution in [0, 0.1) is 11.6 Å². The van der Waals surface area contributed by atoms with E-state index in [1.54, 1.807) is 0 Å². The molecule has 0 unspecified atom stereocenters. The van der Waals surface area contributed by atoms with Crippen molar-refractivity contribution < 1.29 is 22.4 Å². The van der Waals surface area contributed by atoms with Gasteiger partial charge in [-0.05, 0) is 25.0 Å². The van der Waals surface area contributed by atoms with Gasteiger partial charge in [0.15, 0.2) is 5.82 Å². The molecule has 0 spiro atoms. The number of nitrogens with one attached hydrogen (secondary N) is 2. The molecule has 0 radical (unpaired) electrons. The van der Waals surface area contributed by atoms with Crippen molar-refractivity contribution >= 4 is 11.8 Å². The molecule has 2 amide bonds. The average molecular weight is 370 g/mol. The summed E-state index contributed by atoms with van der Waals surface area (Å²) in [7, 11) is 0. The molecule has 3 rings (SSSR count). The third-order valence-corrected chi connectivity index (χ3v) is 4.60. The van der Waals surface area contributed by atoms with E-state index in [0.29, 0.717) is 12.8 Å². The maximum atomic E-state index is 14.1. The van der Waals surface area contributed by atoms with Crippen molar-refractivity contribution in [2.24, 2.45) is 0 Å². The minimum Gasteiger partial charge on any atom is -0.337 e. The van der Waals surface area contributed by atoms with Crippen LogP contribution in [0.3, 0.4) is 0 Å². The highest BCUT2D eigenvalue weighted by Gasteiger charge is 2.42. The summed E-state index contributed by atoms with van der Waals surface area (Å²) in [6.45, 7) is -0.507. The number of rotatable bonds is 6. The maximum absolute atomic E-state index is 14.1. The fourth-order valence-electron chi connectivity index (χ4n) is 3.20. The number of hydrogen-bond acceptors (Lipinski definition) is 2. The van der Waals surface area contributed by atoms with Crippen LogP contribution in [0.15, 0.2) is 30.5 Å². The summed E-state index contributed by atoms with van der Waals surface area (Å²) < 4.78 is 53.8. The minimum absolute atomic E-state index is 0.00670. The summed E-state index contributed by atoms with van der Waals surface area (Å²) in [6.07, 6.45) is 0.715. The van der Waals surface area contributed by atoms with E-state index in [0.717, 1.165) is 11.1 Å². The van der Waals surface area contributed by atoms with Crippen LogP contribution in [0.4, 0.5) is 28.2 Å². The Balaban J connectivity index is 1.62. The van der Waals surface area contributed by atoms with E-state index in [9.17, 15) is 22.4 Å². The van der Waals surface area contributed by atoms with Crippen molar-refractivity contribution in [1.82, 2.24) is 15.1 Å². The Morgan fingerprint density at radius 3 is 2.50 bits per heavy atom. The summed E-state index contributed by atoms with van der Waals surface area (Å²) in [5.41, 5.74) is -0.783. The van der Waals surface area contributed by atoms with Gasteiger partial charge in [-0.3, -0.25) is 10.00 Å². The Labute approximate surface area is 147 Å². The fourth-order valence-corrected chi connectivity index (χ4v) is 3.20. The zero-order valence-electron chi connectivity index (χ0n) is 13.8. The van der Waals surface area contributed by atoms with Gasteiger partial charge in [-0.1, -0.05) is 12.5 Å². The van der Waals surface area contributed by atoms with Crippen LogP contribution in [0.5, 0.6) is 0 Å². The molecule has 1 saturated carbocycles. The van der Waals surface area contributed by atoms with Crippen LogP contribution in [0.25, 0.3) is 0 Å². The molecule has 26 heavy (non-hydrogen) atoms. The number of benzene rings is 1. The Morgan fingerprint density at radius 2 is 1.92 bits per heavy atom. The summed E-state index contributed by atoms with van der Waals surface area (Å²) in [5, 5.41) is 8.82. The van der Waals surface area contributed by atoms with Crippen molar-refractivity contribution in [2.75, 3.05) is 11.9 Å². The van der Waals surface area contributed by atoms with Gasteiger partial charge in [0.1, 0.15) is 18.2 Å². The zero-order chi connectivity index (χ0) is 18.7. The number of hydrogen-bond donors (Lipinski definition) is 2. The fraction of sp³-hybridized carbons (Fsp3) is 0.412. The number of carbonyl (C=O) groups is 1. The molecule has 0 saturated heterocycles. The lowest BCUT2D eigenvalue weighted by atomic mass is 9.64. The minimum atomic E-state index is -2.55. The van der Waals surface area contributed by atoms with E-state index in [4.69, 9.17) is 0 Å². The normalized spacial score (nSPS) is 15.6. The van der Waals surface area contributed by atoms with Crippen LogP contribution in [-0.4, -0.2) is 28.8 Å². The van der Waals surface area contributed by atoms with E-state index >= 15 is 0 Å². The first-order valence-corrected chi connectivity index (χ1v) is 8.21. The number of amides is 2. The van der Waals surface area contributed by atoms with Gasteiger partial charge in [-0.2, -0.15) is 5.10 Å². The highest BCUT2D eigenvalue weighted by molar-refractivity contribution is 5.88. The smallest absolute Gasteiger partial charge is 0.320 e. The summed E-state index contributed by atoms with van der Waals surface area (Å²) >= 11 is 0. The Kier molecular flexibility index (Phi) is 5.15. The second-order valence-electron chi connectivity index (χ2n) is 6.35. The molecule has 0 atom stereocenters. The van der Waals surface area contributed by atoms with Crippen LogP contribution in [0.2, 0.25) is 0 Å². The van der Waals surface area contributed by atoms with Crippen molar-refractivity contribution in [2.45, 2.75) is 37.6 Å². The number of carbonyl (C=O) groups excluding carboxylic acids is 1. The number of alkyl halides is 2. The predicted molar refractivity (Wildman–Crippen MR) is 87.1 cm³/mol. The number of halogens is 4. The second-order valence-corrected chi connectivity index (χ2v) is 6.35. The molecular weight excluding hydrogens is 352 g/mol. The van der Waals surface area contributed by atoms with E-state index < -0.39 is 36.1 Å². The van der Waals surface area contributed by atoms with Gasteiger partial charge >= 0.3 is 6.03 Å². The quantitative estimate of drug-likeness (QED) is 0.763. The molecule has 5 nitrogen and oxygen atoms in total. The van der Waals surface area contributed by atoms with E-state index in [-0.39, 0.29) is 17.9 Å². The van der Waals surface area contributed by atoms with E-state index in [2.05, 4.69) is 15.7 Å². The molecule has 1 heterocycles. The first-order valence-electron chi connectivity index (χ1n) is 8.21. The highest BCUT2D eigenvalue weighted by Crippen LogP contribution is 2.45. The summed E-state index contributed by atoms with van der Waals surface area (Å²) in [6, 6.07) is 4.48. The van der Waals surface area contributed by atoms with Crippen molar-refractivity contribution in [3.05, 3.63) is 47.7 Å². The van der Waals surface area contributed by atoms with E-state index in [1.165, 1.54) is 30.5 Å². The third kappa shape index (κ3) is 3.81. The first kappa shape index (κ1) is 18.2. The molecule has 9 heteroatoms. The topological polar surface area (TPSA) is 59.0 Å². The standard InChI is InChI=1S/C17H18F4N4O/c18-11-3-1-4-12(19)15(11)17(6-2-7-17)10-22-16(26)23-14-5-8-25(24-14)9-13(20)21/h1,3-5,8,13H,2,6-7,9-10H2,(H2,22,23,24,26). The molecule has 140 valence electrons. The Morgan fingerprint density at radius 1 is 1.23 bits per heavy atom. The molecule has 1 aromatic heterocycles. The summed E-state index contributed by atoms with van der Waals surface area (Å²) in [4.78, 5) is 12.0. The van der Waals surface area contributed by atoms with Crippen LogP contribution in [0.1, 0.15) is 24.8 Å². The van der Waals surface area contributed by atoms with Gasteiger partial charge < -0.3 is 5.32 Å². The monoisotopic (exact) mass is 370 g/mol. The maximum Gasteiger partial charge on any atom is 0.320 e. The van der Waals surface area contributed by atoms with Crippen molar-refractivity contribution in [3.8, 4) is 0 Å². The highest BCUT2D eigenvalue weighted by atomic mass is 19.3. The number of nitrogens with zero attached hydrogens (tertiary/aromatic N) is 2. The van der Waals surface area contributed by atoms with Gasteiger partial charge in [0.2, 0.25) is 0 Å². The Hall–Kier alpha value is -2.58. The summed E-state index contributed by atoms with van der Waals surface area (Å²) in [5.74, 6) is -1.14. The lowest BCUT2D eigenvalue weighted by molar-refractivity contribution is 0.122. The van der Waals surface area contributed by atoms with Gasteiger partial charge in [-0.15, -0.1) is 0 Å². The molecule has 1 aliphatic rings. The molecule has 0 aliphatic heterocycles. The van der Waals surface area contributed by atoms with Crippen molar-refractivity contribution in [3.63, 3.8) is 0 Å². The molecule has 2 N–H and O–H groups in total. The van der Waals surface area contributed by atoms with Crippen LogP contribution < -0.4 is 10.6 Å².